The fourth-order valence-corrected chi connectivity index (χ4v) is 0.584. The van der Waals surface area contributed by atoms with Crippen molar-refractivity contribution in [3.63, 3.8) is 0 Å². The Morgan fingerprint density at radius 1 is 1.62 bits per heavy atom. The topological polar surface area (TPSA) is 93.4 Å². The SMILES string of the molecule is CC(NCl)C(=O)OCCNC(N)=O. The van der Waals surface area contributed by atoms with Crippen LogP contribution in [0.25, 0.3) is 0 Å². The molecule has 13 heavy (non-hydrogen) atoms. The molecule has 0 spiro atoms. The zero-order chi connectivity index (χ0) is 10.3. The number of carbonyl (C=O) groups excluding carboxylic acids is 2. The van der Waals surface area contributed by atoms with Crippen LogP contribution in [0.2, 0.25) is 0 Å². The van der Waals surface area contributed by atoms with Crippen molar-refractivity contribution in [1.29, 1.82) is 0 Å². The molecular weight excluding hydrogens is 198 g/mol. The van der Waals surface area contributed by atoms with Gasteiger partial charge in [-0.15, -0.1) is 0 Å². The summed E-state index contributed by atoms with van der Waals surface area (Å²) in [4.78, 5) is 23.3. The van der Waals surface area contributed by atoms with E-state index in [1.807, 2.05) is 0 Å². The van der Waals surface area contributed by atoms with E-state index < -0.39 is 18.0 Å². The van der Waals surface area contributed by atoms with Crippen LogP contribution in [-0.4, -0.2) is 31.2 Å². The molecular formula is C6H12ClN3O3. The van der Waals surface area contributed by atoms with E-state index in [2.05, 4.69) is 14.9 Å². The molecule has 7 heteroatoms. The first-order valence-electron chi connectivity index (χ1n) is 3.64. The van der Waals surface area contributed by atoms with Crippen LogP contribution >= 0.6 is 11.8 Å². The molecule has 0 aromatic heterocycles. The maximum atomic E-state index is 10.9. The predicted molar refractivity (Wildman–Crippen MR) is 47.0 cm³/mol. The third-order valence-corrected chi connectivity index (χ3v) is 1.49. The molecule has 0 bridgehead atoms. The van der Waals surface area contributed by atoms with Crippen molar-refractivity contribution in [1.82, 2.24) is 10.2 Å². The van der Waals surface area contributed by atoms with Crippen molar-refractivity contribution in [3.8, 4) is 0 Å². The van der Waals surface area contributed by atoms with Crippen LogP contribution in [0.15, 0.2) is 0 Å². The molecule has 0 aromatic carbocycles. The fraction of sp³-hybridized carbons (Fsp3) is 0.667. The number of urea groups is 1. The van der Waals surface area contributed by atoms with E-state index in [1.165, 1.54) is 0 Å². The summed E-state index contributed by atoms with van der Waals surface area (Å²) in [6, 6.07) is -1.23. The van der Waals surface area contributed by atoms with Gasteiger partial charge < -0.3 is 15.8 Å². The van der Waals surface area contributed by atoms with Gasteiger partial charge in [-0.2, -0.15) is 0 Å². The lowest BCUT2D eigenvalue weighted by Gasteiger charge is -2.08. The van der Waals surface area contributed by atoms with Crippen molar-refractivity contribution < 1.29 is 14.3 Å². The number of carbonyl (C=O) groups is 2. The number of nitrogens with one attached hydrogen (secondary N) is 2. The van der Waals surface area contributed by atoms with Crippen LogP contribution in [0, 0.1) is 0 Å². The van der Waals surface area contributed by atoms with Crippen LogP contribution in [-0.2, 0) is 9.53 Å². The molecule has 0 saturated heterocycles. The van der Waals surface area contributed by atoms with E-state index >= 15 is 0 Å². The lowest BCUT2D eigenvalue weighted by atomic mass is 10.4. The zero-order valence-electron chi connectivity index (χ0n) is 7.17. The van der Waals surface area contributed by atoms with Crippen molar-refractivity contribution in [2.45, 2.75) is 13.0 Å². The maximum absolute atomic E-state index is 10.9. The first-order chi connectivity index (χ1) is 6.07. The molecule has 0 radical (unpaired) electrons. The van der Waals surface area contributed by atoms with Gasteiger partial charge in [0.2, 0.25) is 0 Å². The summed E-state index contributed by atoms with van der Waals surface area (Å²) in [6.45, 7) is 1.82. The molecule has 0 fully saturated rings. The second-order valence-electron chi connectivity index (χ2n) is 2.29. The summed E-state index contributed by atoms with van der Waals surface area (Å²) in [6.07, 6.45) is 0. The van der Waals surface area contributed by atoms with E-state index in [1.54, 1.807) is 6.92 Å². The van der Waals surface area contributed by atoms with Gasteiger partial charge in [-0.05, 0) is 18.7 Å². The van der Waals surface area contributed by atoms with Crippen molar-refractivity contribution in [3.05, 3.63) is 0 Å². The van der Waals surface area contributed by atoms with E-state index in [0.29, 0.717) is 0 Å². The Hall–Kier alpha value is -1.01. The van der Waals surface area contributed by atoms with Gasteiger partial charge in [-0.1, -0.05) is 0 Å². The zero-order valence-corrected chi connectivity index (χ0v) is 7.93. The number of halogens is 1. The minimum atomic E-state index is -0.653. The molecule has 0 aliphatic carbocycles. The second-order valence-corrected chi connectivity index (χ2v) is 2.51. The second kappa shape index (κ2) is 6.50. The molecule has 6 nitrogen and oxygen atoms in total. The first kappa shape index (κ1) is 12.0. The molecule has 1 atom stereocenters. The van der Waals surface area contributed by atoms with Gasteiger partial charge in [0.25, 0.3) is 0 Å². The number of hydrogen-bond acceptors (Lipinski definition) is 4. The fourth-order valence-electron chi connectivity index (χ4n) is 0.495. The lowest BCUT2D eigenvalue weighted by Crippen LogP contribution is -2.35. The van der Waals surface area contributed by atoms with Crippen LogP contribution in [0.3, 0.4) is 0 Å². The number of rotatable bonds is 5. The van der Waals surface area contributed by atoms with E-state index in [0.717, 1.165) is 0 Å². The maximum Gasteiger partial charge on any atom is 0.324 e. The molecule has 4 N–H and O–H groups in total. The number of ether oxygens (including phenoxy) is 1. The molecule has 0 heterocycles. The normalized spacial score (nSPS) is 11.8. The summed E-state index contributed by atoms with van der Waals surface area (Å²) < 4.78 is 4.69. The van der Waals surface area contributed by atoms with E-state index in [4.69, 9.17) is 17.5 Å². The Morgan fingerprint density at radius 2 is 2.23 bits per heavy atom. The minimum absolute atomic E-state index is 0.0741. The molecule has 2 amide bonds. The Morgan fingerprint density at radius 3 is 2.69 bits per heavy atom. The molecule has 0 aliphatic rings. The van der Waals surface area contributed by atoms with Gasteiger partial charge in [0.1, 0.15) is 12.6 Å². The molecule has 1 unspecified atom stereocenters. The van der Waals surface area contributed by atoms with Gasteiger partial charge in [0, 0.05) is 0 Å². The lowest BCUT2D eigenvalue weighted by molar-refractivity contribution is -0.144. The van der Waals surface area contributed by atoms with Gasteiger partial charge in [-0.3, -0.25) is 4.79 Å². The van der Waals surface area contributed by atoms with Crippen LogP contribution in [0.1, 0.15) is 6.92 Å². The minimum Gasteiger partial charge on any atom is -0.463 e. The quantitative estimate of drug-likeness (QED) is 0.318. The molecule has 0 aliphatic heterocycles. The number of amides is 2. The average molecular weight is 210 g/mol. The standard InChI is InChI=1S/C6H12ClN3O3/c1-4(10-7)5(11)13-3-2-9-6(8)12/h4,10H,2-3H2,1H3,(H3,8,9,12). The number of primary amides is 1. The third-order valence-electron chi connectivity index (χ3n) is 1.16. The number of hydrogen-bond donors (Lipinski definition) is 3. The van der Waals surface area contributed by atoms with Gasteiger partial charge in [0.05, 0.1) is 6.54 Å². The molecule has 0 aromatic rings. The molecule has 0 rings (SSSR count). The Kier molecular flexibility index (Phi) is 5.99. The summed E-state index contributed by atoms with van der Waals surface area (Å²) in [5, 5.41) is 2.27. The van der Waals surface area contributed by atoms with Crippen LogP contribution < -0.4 is 15.9 Å². The van der Waals surface area contributed by atoms with Crippen molar-refractivity contribution >= 4 is 23.8 Å². The van der Waals surface area contributed by atoms with Gasteiger partial charge in [-0.25, -0.2) is 9.63 Å². The van der Waals surface area contributed by atoms with E-state index in [-0.39, 0.29) is 13.2 Å². The Bertz CT molecular complexity index is 188. The monoisotopic (exact) mass is 209 g/mol. The third kappa shape index (κ3) is 6.18. The Balaban J connectivity index is 3.42. The molecule has 76 valence electrons. The Labute approximate surface area is 80.9 Å². The van der Waals surface area contributed by atoms with E-state index in [9.17, 15) is 9.59 Å². The summed E-state index contributed by atoms with van der Waals surface area (Å²) in [5.41, 5.74) is 4.77. The average Bonchev–Trinajstić information content (AvgIpc) is 2.10. The van der Waals surface area contributed by atoms with Gasteiger partial charge >= 0.3 is 12.0 Å². The number of esters is 1. The smallest absolute Gasteiger partial charge is 0.324 e. The van der Waals surface area contributed by atoms with Crippen LogP contribution in [0.5, 0.6) is 0 Å². The van der Waals surface area contributed by atoms with Crippen molar-refractivity contribution in [2.24, 2.45) is 5.73 Å². The largest absolute Gasteiger partial charge is 0.463 e. The first-order valence-corrected chi connectivity index (χ1v) is 4.01. The van der Waals surface area contributed by atoms with Gasteiger partial charge in [0.15, 0.2) is 0 Å². The highest BCUT2D eigenvalue weighted by Gasteiger charge is 2.11. The molecule has 0 saturated carbocycles. The van der Waals surface area contributed by atoms with Crippen molar-refractivity contribution in [2.75, 3.05) is 13.2 Å². The van der Waals surface area contributed by atoms with Crippen LogP contribution in [0.4, 0.5) is 4.79 Å². The predicted octanol–water partition coefficient (Wildman–Crippen LogP) is -0.670. The highest BCUT2D eigenvalue weighted by atomic mass is 35.5. The summed E-state index contributed by atoms with van der Waals surface area (Å²) in [5.74, 6) is -0.485. The summed E-state index contributed by atoms with van der Waals surface area (Å²) >= 11 is 5.17. The summed E-state index contributed by atoms with van der Waals surface area (Å²) in [7, 11) is 0. The highest BCUT2D eigenvalue weighted by Crippen LogP contribution is 1.88. The number of nitrogens with two attached hydrogens (primary N) is 1. The highest BCUT2D eigenvalue weighted by molar-refractivity contribution is 6.14.